The van der Waals surface area contributed by atoms with Crippen molar-refractivity contribution in [3.8, 4) is 0 Å². The van der Waals surface area contributed by atoms with Gasteiger partial charge in [0.2, 0.25) is 5.91 Å². The number of nitrogens with one attached hydrogen (secondary N) is 1. The predicted molar refractivity (Wildman–Crippen MR) is 88.8 cm³/mol. The number of aryl methyl sites for hydroxylation is 1. The summed E-state index contributed by atoms with van der Waals surface area (Å²) in [6.07, 6.45) is 1.75. The molecular weight excluding hydrogens is 290 g/mol. The van der Waals surface area contributed by atoms with Gasteiger partial charge in [0.15, 0.2) is 0 Å². The Balaban J connectivity index is 1.94. The Morgan fingerprint density at radius 1 is 1.04 bits per heavy atom. The van der Waals surface area contributed by atoms with Gasteiger partial charge < -0.3 is 15.6 Å². The Bertz CT molecular complexity index is 868. The molecule has 2 aromatic carbocycles. The second-order valence-electron chi connectivity index (χ2n) is 5.39. The molecule has 0 aliphatic carbocycles. The zero-order valence-corrected chi connectivity index (χ0v) is 12.7. The summed E-state index contributed by atoms with van der Waals surface area (Å²) in [5, 5.41) is 3.56. The summed E-state index contributed by atoms with van der Waals surface area (Å²) >= 11 is 0. The van der Waals surface area contributed by atoms with Crippen molar-refractivity contribution < 1.29 is 9.59 Å². The highest BCUT2D eigenvalue weighted by Gasteiger charge is 2.22. The van der Waals surface area contributed by atoms with Crippen LogP contribution in [0.15, 0.2) is 60.8 Å². The van der Waals surface area contributed by atoms with Crippen molar-refractivity contribution in [1.29, 1.82) is 0 Å². The summed E-state index contributed by atoms with van der Waals surface area (Å²) in [6, 6.07) is 15.7. The summed E-state index contributed by atoms with van der Waals surface area (Å²) in [4.78, 5) is 24.4. The van der Waals surface area contributed by atoms with Crippen LogP contribution in [0, 0.1) is 0 Å². The Hall–Kier alpha value is -3.08. The minimum Gasteiger partial charge on any atom is -0.368 e. The summed E-state index contributed by atoms with van der Waals surface area (Å²) in [6.45, 7) is 0. The fourth-order valence-electron chi connectivity index (χ4n) is 2.70. The zero-order chi connectivity index (χ0) is 16.4. The standard InChI is InChI=1S/C18H17N3O2/c1-21-11-14(13-9-5-6-10-15(13)21)18(23)20-16(17(19)22)12-7-3-2-4-8-12/h2-11,16H,1H3,(H2,19,22)(H,20,23). The predicted octanol–water partition coefficient (Wildman–Crippen LogP) is 2.13. The molecule has 0 aliphatic rings. The molecule has 0 saturated carbocycles. The molecule has 23 heavy (non-hydrogen) atoms. The lowest BCUT2D eigenvalue weighted by molar-refractivity contribution is -0.120. The maximum atomic E-state index is 12.6. The smallest absolute Gasteiger partial charge is 0.254 e. The van der Waals surface area contributed by atoms with Crippen molar-refractivity contribution in [2.75, 3.05) is 0 Å². The van der Waals surface area contributed by atoms with E-state index >= 15 is 0 Å². The molecule has 1 atom stereocenters. The second kappa shape index (κ2) is 5.96. The van der Waals surface area contributed by atoms with E-state index in [1.54, 1.807) is 30.5 Å². The fraction of sp³-hybridized carbons (Fsp3) is 0.111. The van der Waals surface area contributed by atoms with Crippen molar-refractivity contribution >= 4 is 22.7 Å². The van der Waals surface area contributed by atoms with Crippen LogP contribution in [-0.2, 0) is 11.8 Å². The number of hydrogen-bond acceptors (Lipinski definition) is 2. The highest BCUT2D eigenvalue weighted by atomic mass is 16.2. The number of carbonyl (C=O) groups excluding carboxylic acids is 2. The van der Waals surface area contributed by atoms with E-state index in [4.69, 9.17) is 5.73 Å². The Kier molecular flexibility index (Phi) is 3.85. The van der Waals surface area contributed by atoms with Gasteiger partial charge in [0, 0.05) is 24.1 Å². The summed E-state index contributed by atoms with van der Waals surface area (Å²) in [7, 11) is 1.88. The van der Waals surface area contributed by atoms with Gasteiger partial charge in [0.25, 0.3) is 5.91 Å². The van der Waals surface area contributed by atoms with Crippen molar-refractivity contribution in [2.24, 2.45) is 12.8 Å². The number of primary amides is 1. The molecule has 0 bridgehead atoms. The summed E-state index contributed by atoms with van der Waals surface area (Å²) < 4.78 is 1.88. The minimum absolute atomic E-state index is 0.325. The highest BCUT2D eigenvalue weighted by molar-refractivity contribution is 6.08. The Morgan fingerprint density at radius 3 is 2.39 bits per heavy atom. The third-order valence-electron chi connectivity index (χ3n) is 3.83. The van der Waals surface area contributed by atoms with Gasteiger partial charge in [0.1, 0.15) is 6.04 Å². The molecule has 2 amide bonds. The maximum Gasteiger partial charge on any atom is 0.254 e. The summed E-state index contributed by atoms with van der Waals surface area (Å²) in [5.41, 5.74) is 7.59. The number of rotatable bonds is 4. The first kappa shape index (κ1) is 14.8. The molecule has 5 nitrogen and oxygen atoms in total. The quantitative estimate of drug-likeness (QED) is 0.774. The van der Waals surface area contributed by atoms with E-state index in [1.165, 1.54) is 0 Å². The lowest BCUT2D eigenvalue weighted by Gasteiger charge is -2.15. The van der Waals surface area contributed by atoms with Gasteiger partial charge in [-0.05, 0) is 11.6 Å². The van der Waals surface area contributed by atoms with Crippen molar-refractivity contribution in [3.63, 3.8) is 0 Å². The third-order valence-corrected chi connectivity index (χ3v) is 3.83. The van der Waals surface area contributed by atoms with Crippen LogP contribution in [-0.4, -0.2) is 16.4 Å². The number of carbonyl (C=O) groups is 2. The number of aromatic nitrogens is 1. The van der Waals surface area contributed by atoms with Crippen LogP contribution >= 0.6 is 0 Å². The molecular formula is C18H17N3O2. The molecule has 3 aromatic rings. The Morgan fingerprint density at radius 2 is 1.70 bits per heavy atom. The molecule has 0 aliphatic heterocycles. The van der Waals surface area contributed by atoms with Crippen LogP contribution in [0.1, 0.15) is 22.0 Å². The second-order valence-corrected chi connectivity index (χ2v) is 5.39. The van der Waals surface area contributed by atoms with E-state index in [0.717, 1.165) is 10.9 Å². The van der Waals surface area contributed by atoms with E-state index in [2.05, 4.69) is 5.32 Å². The maximum absolute atomic E-state index is 12.6. The summed E-state index contributed by atoms with van der Waals surface area (Å²) in [5.74, 6) is -0.917. The lowest BCUT2D eigenvalue weighted by Crippen LogP contribution is -2.37. The number of hydrogen-bond donors (Lipinski definition) is 2. The Labute approximate surface area is 133 Å². The van der Waals surface area contributed by atoms with Gasteiger partial charge in [-0.15, -0.1) is 0 Å². The van der Waals surface area contributed by atoms with E-state index < -0.39 is 11.9 Å². The van der Waals surface area contributed by atoms with Crippen LogP contribution in [0.3, 0.4) is 0 Å². The number of para-hydroxylation sites is 1. The molecule has 3 N–H and O–H groups in total. The third kappa shape index (κ3) is 2.81. The van der Waals surface area contributed by atoms with Crippen molar-refractivity contribution in [2.45, 2.75) is 6.04 Å². The van der Waals surface area contributed by atoms with Crippen LogP contribution in [0.4, 0.5) is 0 Å². The first-order valence-electron chi connectivity index (χ1n) is 7.27. The van der Waals surface area contributed by atoms with E-state index in [0.29, 0.717) is 11.1 Å². The largest absolute Gasteiger partial charge is 0.368 e. The monoisotopic (exact) mass is 307 g/mol. The molecule has 116 valence electrons. The molecule has 0 fully saturated rings. The van der Waals surface area contributed by atoms with Crippen LogP contribution in [0.5, 0.6) is 0 Å². The molecule has 1 unspecified atom stereocenters. The van der Waals surface area contributed by atoms with Crippen LogP contribution < -0.4 is 11.1 Å². The molecule has 0 spiro atoms. The molecule has 0 saturated heterocycles. The first-order valence-corrected chi connectivity index (χ1v) is 7.27. The molecule has 5 heteroatoms. The van der Waals surface area contributed by atoms with Gasteiger partial charge >= 0.3 is 0 Å². The fourth-order valence-corrected chi connectivity index (χ4v) is 2.70. The number of nitrogens with two attached hydrogens (primary N) is 1. The van der Waals surface area contributed by atoms with Crippen molar-refractivity contribution in [3.05, 3.63) is 71.9 Å². The van der Waals surface area contributed by atoms with Gasteiger partial charge in [-0.2, -0.15) is 0 Å². The normalized spacial score (nSPS) is 12.0. The van der Waals surface area contributed by atoms with Crippen LogP contribution in [0.2, 0.25) is 0 Å². The van der Waals surface area contributed by atoms with E-state index in [1.807, 2.05) is 41.9 Å². The SMILES string of the molecule is Cn1cc(C(=O)NC(C(N)=O)c2ccccc2)c2ccccc21. The van der Waals surface area contributed by atoms with Gasteiger partial charge in [-0.25, -0.2) is 0 Å². The van der Waals surface area contributed by atoms with E-state index in [-0.39, 0.29) is 5.91 Å². The number of fused-ring (bicyclic) bond motifs is 1. The first-order chi connectivity index (χ1) is 11.1. The highest BCUT2D eigenvalue weighted by Crippen LogP contribution is 2.21. The molecule has 1 aromatic heterocycles. The average molecular weight is 307 g/mol. The molecule has 0 radical (unpaired) electrons. The van der Waals surface area contributed by atoms with E-state index in [9.17, 15) is 9.59 Å². The average Bonchev–Trinajstić information content (AvgIpc) is 2.90. The number of amides is 2. The van der Waals surface area contributed by atoms with Gasteiger partial charge in [0.05, 0.1) is 5.56 Å². The molecule has 1 heterocycles. The molecule has 3 rings (SSSR count). The van der Waals surface area contributed by atoms with Crippen molar-refractivity contribution in [1.82, 2.24) is 9.88 Å². The lowest BCUT2D eigenvalue weighted by atomic mass is 10.1. The van der Waals surface area contributed by atoms with Gasteiger partial charge in [-0.1, -0.05) is 48.5 Å². The number of benzene rings is 2. The van der Waals surface area contributed by atoms with Gasteiger partial charge in [-0.3, -0.25) is 9.59 Å². The zero-order valence-electron chi connectivity index (χ0n) is 12.7. The number of nitrogens with zero attached hydrogens (tertiary/aromatic N) is 1. The minimum atomic E-state index is -0.859. The van der Waals surface area contributed by atoms with Crippen LogP contribution in [0.25, 0.3) is 10.9 Å². The topological polar surface area (TPSA) is 77.1 Å².